The fourth-order valence-corrected chi connectivity index (χ4v) is 2.87. The molecule has 1 aromatic heterocycles. The number of fused-ring (bicyclic) bond motifs is 1. The standard InChI is InChI=1S/C19H21NO/c1-4-15-16-10-6-8-12-18(16)21-19(15)14(3)20-17-11-7-5-9-13(17)2/h5-12,14,20H,4H2,1-3H3. The van der Waals surface area contributed by atoms with Gasteiger partial charge >= 0.3 is 0 Å². The molecule has 0 aliphatic rings. The number of para-hydroxylation sites is 2. The fraction of sp³-hybridized carbons (Fsp3) is 0.263. The van der Waals surface area contributed by atoms with Crippen LogP contribution in [0, 0.1) is 6.92 Å². The summed E-state index contributed by atoms with van der Waals surface area (Å²) in [6.07, 6.45) is 0.978. The van der Waals surface area contributed by atoms with Crippen molar-refractivity contribution < 1.29 is 4.42 Å². The third-order valence-electron chi connectivity index (χ3n) is 3.99. The quantitative estimate of drug-likeness (QED) is 0.684. The molecule has 1 N–H and O–H groups in total. The summed E-state index contributed by atoms with van der Waals surface area (Å²) in [5.74, 6) is 1.04. The molecule has 1 unspecified atom stereocenters. The van der Waals surface area contributed by atoms with Crippen molar-refractivity contribution in [3.8, 4) is 0 Å². The second-order valence-electron chi connectivity index (χ2n) is 5.48. The van der Waals surface area contributed by atoms with E-state index in [9.17, 15) is 0 Å². The minimum atomic E-state index is 0.147. The minimum absolute atomic E-state index is 0.147. The molecule has 21 heavy (non-hydrogen) atoms. The van der Waals surface area contributed by atoms with Crippen LogP contribution in [0.5, 0.6) is 0 Å². The number of anilines is 1. The van der Waals surface area contributed by atoms with Crippen molar-refractivity contribution >= 4 is 16.7 Å². The molecule has 2 nitrogen and oxygen atoms in total. The summed E-state index contributed by atoms with van der Waals surface area (Å²) in [6, 6.07) is 16.8. The predicted molar refractivity (Wildman–Crippen MR) is 88.8 cm³/mol. The number of hydrogen-bond donors (Lipinski definition) is 1. The van der Waals surface area contributed by atoms with E-state index in [1.807, 2.05) is 12.1 Å². The van der Waals surface area contributed by atoms with E-state index in [0.717, 1.165) is 23.5 Å². The molecule has 0 aliphatic carbocycles. The largest absolute Gasteiger partial charge is 0.459 e. The van der Waals surface area contributed by atoms with E-state index in [-0.39, 0.29) is 6.04 Å². The first-order chi connectivity index (χ1) is 10.2. The van der Waals surface area contributed by atoms with Crippen molar-refractivity contribution in [2.24, 2.45) is 0 Å². The van der Waals surface area contributed by atoms with Gasteiger partial charge in [0.1, 0.15) is 11.3 Å². The third-order valence-corrected chi connectivity index (χ3v) is 3.99. The van der Waals surface area contributed by atoms with Crippen LogP contribution in [0.1, 0.15) is 36.8 Å². The summed E-state index contributed by atoms with van der Waals surface area (Å²) in [5, 5.41) is 4.80. The minimum Gasteiger partial charge on any atom is -0.459 e. The first-order valence-corrected chi connectivity index (χ1v) is 7.53. The van der Waals surface area contributed by atoms with Crippen LogP contribution in [-0.2, 0) is 6.42 Å². The van der Waals surface area contributed by atoms with Crippen molar-refractivity contribution in [1.82, 2.24) is 0 Å². The van der Waals surface area contributed by atoms with Gasteiger partial charge < -0.3 is 9.73 Å². The molecule has 108 valence electrons. The van der Waals surface area contributed by atoms with E-state index < -0.39 is 0 Å². The zero-order valence-corrected chi connectivity index (χ0v) is 12.8. The summed E-state index contributed by atoms with van der Waals surface area (Å²) in [6.45, 7) is 6.46. The molecule has 0 aliphatic heterocycles. The van der Waals surface area contributed by atoms with Crippen LogP contribution in [0.3, 0.4) is 0 Å². The second-order valence-corrected chi connectivity index (χ2v) is 5.48. The summed E-state index contributed by atoms with van der Waals surface area (Å²) >= 11 is 0. The zero-order valence-electron chi connectivity index (χ0n) is 12.8. The molecule has 0 fully saturated rings. The molecule has 0 saturated heterocycles. The third kappa shape index (κ3) is 2.54. The number of benzene rings is 2. The topological polar surface area (TPSA) is 25.2 Å². The van der Waals surface area contributed by atoms with E-state index in [4.69, 9.17) is 4.42 Å². The molecule has 0 bridgehead atoms. The van der Waals surface area contributed by atoms with E-state index in [0.29, 0.717) is 0 Å². The van der Waals surface area contributed by atoms with Crippen LogP contribution in [-0.4, -0.2) is 0 Å². The fourth-order valence-electron chi connectivity index (χ4n) is 2.87. The van der Waals surface area contributed by atoms with Crippen LogP contribution < -0.4 is 5.32 Å². The molecule has 2 heteroatoms. The highest BCUT2D eigenvalue weighted by Gasteiger charge is 2.18. The van der Waals surface area contributed by atoms with Gasteiger partial charge in [0.05, 0.1) is 6.04 Å². The van der Waals surface area contributed by atoms with E-state index in [2.05, 4.69) is 62.5 Å². The Labute approximate surface area is 125 Å². The Morgan fingerprint density at radius 2 is 1.76 bits per heavy atom. The van der Waals surface area contributed by atoms with Gasteiger partial charge in [0, 0.05) is 16.6 Å². The molecule has 0 amide bonds. The average molecular weight is 279 g/mol. The Morgan fingerprint density at radius 3 is 2.52 bits per heavy atom. The Kier molecular flexibility index (Phi) is 3.70. The number of furan rings is 1. The molecule has 1 heterocycles. The number of hydrogen-bond acceptors (Lipinski definition) is 2. The van der Waals surface area contributed by atoms with Crippen LogP contribution in [0.15, 0.2) is 52.9 Å². The SMILES string of the molecule is CCc1c(C(C)Nc2ccccc2C)oc2ccccc12. The van der Waals surface area contributed by atoms with Gasteiger partial charge in [0.15, 0.2) is 0 Å². The van der Waals surface area contributed by atoms with E-state index >= 15 is 0 Å². The number of aryl methyl sites for hydroxylation is 2. The van der Waals surface area contributed by atoms with Gasteiger partial charge in [-0.3, -0.25) is 0 Å². The smallest absolute Gasteiger partial charge is 0.134 e. The lowest BCUT2D eigenvalue weighted by molar-refractivity contribution is 0.520. The molecule has 2 aromatic carbocycles. The monoisotopic (exact) mass is 279 g/mol. The zero-order chi connectivity index (χ0) is 14.8. The van der Waals surface area contributed by atoms with Gasteiger partial charge in [-0.2, -0.15) is 0 Å². The molecular weight excluding hydrogens is 258 g/mol. The lowest BCUT2D eigenvalue weighted by Crippen LogP contribution is -2.08. The van der Waals surface area contributed by atoms with Crippen LogP contribution in [0.25, 0.3) is 11.0 Å². The van der Waals surface area contributed by atoms with Crippen molar-refractivity contribution in [3.63, 3.8) is 0 Å². The summed E-state index contributed by atoms with van der Waals surface area (Å²) in [4.78, 5) is 0. The molecule has 3 rings (SSSR count). The summed E-state index contributed by atoms with van der Waals surface area (Å²) < 4.78 is 6.10. The lowest BCUT2D eigenvalue weighted by Gasteiger charge is -2.16. The van der Waals surface area contributed by atoms with Crippen molar-refractivity contribution in [2.45, 2.75) is 33.2 Å². The van der Waals surface area contributed by atoms with Gasteiger partial charge in [0.2, 0.25) is 0 Å². The van der Waals surface area contributed by atoms with Gasteiger partial charge in [0.25, 0.3) is 0 Å². The molecule has 1 atom stereocenters. The number of rotatable bonds is 4. The Morgan fingerprint density at radius 1 is 1.05 bits per heavy atom. The Balaban J connectivity index is 1.98. The lowest BCUT2D eigenvalue weighted by atomic mass is 10.0. The highest BCUT2D eigenvalue weighted by molar-refractivity contribution is 5.82. The maximum atomic E-state index is 6.10. The van der Waals surface area contributed by atoms with Crippen molar-refractivity contribution in [2.75, 3.05) is 5.32 Å². The summed E-state index contributed by atoms with van der Waals surface area (Å²) in [7, 11) is 0. The predicted octanol–water partition coefficient (Wildman–Crippen LogP) is 5.48. The molecule has 0 radical (unpaired) electrons. The van der Waals surface area contributed by atoms with Gasteiger partial charge in [-0.15, -0.1) is 0 Å². The van der Waals surface area contributed by atoms with Crippen LogP contribution in [0.4, 0.5) is 5.69 Å². The Hall–Kier alpha value is -2.22. The van der Waals surface area contributed by atoms with Crippen LogP contribution in [0.2, 0.25) is 0 Å². The highest BCUT2D eigenvalue weighted by atomic mass is 16.3. The Bertz CT molecular complexity index is 757. The molecule has 3 aromatic rings. The van der Waals surface area contributed by atoms with Crippen molar-refractivity contribution in [1.29, 1.82) is 0 Å². The van der Waals surface area contributed by atoms with Gasteiger partial charge in [-0.1, -0.05) is 43.3 Å². The highest BCUT2D eigenvalue weighted by Crippen LogP contribution is 2.32. The normalized spacial score (nSPS) is 12.5. The maximum absolute atomic E-state index is 6.10. The molecule has 0 spiro atoms. The van der Waals surface area contributed by atoms with E-state index in [1.165, 1.54) is 16.5 Å². The summed E-state index contributed by atoms with van der Waals surface area (Å²) in [5.41, 5.74) is 4.69. The average Bonchev–Trinajstić information content (AvgIpc) is 2.88. The number of nitrogens with one attached hydrogen (secondary N) is 1. The second kappa shape index (κ2) is 5.65. The molecule has 0 saturated carbocycles. The van der Waals surface area contributed by atoms with Crippen molar-refractivity contribution in [3.05, 3.63) is 65.4 Å². The maximum Gasteiger partial charge on any atom is 0.134 e. The van der Waals surface area contributed by atoms with E-state index in [1.54, 1.807) is 0 Å². The van der Waals surface area contributed by atoms with Gasteiger partial charge in [-0.05, 0) is 38.0 Å². The molecular formula is C19H21NO. The van der Waals surface area contributed by atoms with Gasteiger partial charge in [-0.25, -0.2) is 0 Å². The first-order valence-electron chi connectivity index (χ1n) is 7.53. The van der Waals surface area contributed by atoms with Crippen LogP contribution >= 0.6 is 0 Å². The first kappa shape index (κ1) is 13.7.